The first-order valence-electron chi connectivity index (χ1n) is 8.22. The highest BCUT2D eigenvalue weighted by Gasteiger charge is 2.34. The van der Waals surface area contributed by atoms with Gasteiger partial charge in [-0.1, -0.05) is 0 Å². The number of hydrogen-bond acceptors (Lipinski definition) is 4. The fourth-order valence-corrected chi connectivity index (χ4v) is 4.50. The average molecular weight is 346 g/mol. The van der Waals surface area contributed by atoms with Crippen molar-refractivity contribution in [3.8, 4) is 0 Å². The molecule has 2 aliphatic heterocycles. The van der Waals surface area contributed by atoms with Crippen molar-refractivity contribution >= 4 is 21.9 Å². The number of sulfonamides is 1. The number of carboxylic acids is 1. The van der Waals surface area contributed by atoms with Crippen LogP contribution in [0.5, 0.6) is 0 Å². The highest BCUT2D eigenvalue weighted by molar-refractivity contribution is 7.88. The van der Waals surface area contributed by atoms with Crippen molar-refractivity contribution in [3.05, 3.63) is 0 Å². The lowest BCUT2D eigenvalue weighted by molar-refractivity contribution is -0.137. The summed E-state index contributed by atoms with van der Waals surface area (Å²) in [6, 6.07) is 0. The summed E-state index contributed by atoms with van der Waals surface area (Å²) in [4.78, 5) is 24.4. The maximum Gasteiger partial charge on any atom is 0.303 e. The molecule has 0 aromatic rings. The summed E-state index contributed by atoms with van der Waals surface area (Å²) in [6.07, 6.45) is 4.66. The Morgan fingerprint density at radius 1 is 1.04 bits per heavy atom. The van der Waals surface area contributed by atoms with E-state index < -0.39 is 16.0 Å². The third-order valence-electron chi connectivity index (χ3n) is 4.99. The Kier molecular flexibility index (Phi) is 6.02. The molecule has 1 atom stereocenters. The Labute approximate surface area is 137 Å². The van der Waals surface area contributed by atoms with Gasteiger partial charge in [-0.25, -0.2) is 12.7 Å². The molecule has 1 amide bonds. The molecule has 2 saturated heterocycles. The second kappa shape index (κ2) is 7.61. The molecule has 0 radical (unpaired) electrons. The van der Waals surface area contributed by atoms with Gasteiger partial charge in [0.1, 0.15) is 0 Å². The number of carboxylic acid groups (broad SMARTS) is 1. The van der Waals surface area contributed by atoms with Gasteiger partial charge in [0.15, 0.2) is 0 Å². The highest BCUT2D eigenvalue weighted by Crippen LogP contribution is 2.32. The van der Waals surface area contributed by atoms with Crippen LogP contribution in [0.1, 0.15) is 38.5 Å². The zero-order valence-electron chi connectivity index (χ0n) is 13.6. The number of piperidine rings is 1. The van der Waals surface area contributed by atoms with Crippen LogP contribution in [0.25, 0.3) is 0 Å². The van der Waals surface area contributed by atoms with E-state index in [0.29, 0.717) is 37.8 Å². The van der Waals surface area contributed by atoms with Crippen molar-refractivity contribution in [1.82, 2.24) is 9.21 Å². The van der Waals surface area contributed by atoms with Crippen LogP contribution in [0.4, 0.5) is 0 Å². The van der Waals surface area contributed by atoms with E-state index in [1.807, 2.05) is 4.90 Å². The molecular formula is C15H26N2O5S. The van der Waals surface area contributed by atoms with E-state index in [9.17, 15) is 18.0 Å². The van der Waals surface area contributed by atoms with Gasteiger partial charge in [0, 0.05) is 39.0 Å². The molecule has 0 aromatic carbocycles. The van der Waals surface area contributed by atoms with Crippen molar-refractivity contribution in [2.45, 2.75) is 38.5 Å². The zero-order valence-corrected chi connectivity index (χ0v) is 14.4. The molecule has 0 aromatic heterocycles. The van der Waals surface area contributed by atoms with Crippen molar-refractivity contribution in [2.75, 3.05) is 32.4 Å². The van der Waals surface area contributed by atoms with Crippen molar-refractivity contribution in [1.29, 1.82) is 0 Å². The first-order valence-corrected chi connectivity index (χ1v) is 10.1. The SMILES string of the molecule is CS(=O)(=O)N1CCC(C2CCN(C(=O)CCCC(=O)O)C2)CC1. The number of likely N-dealkylation sites (tertiary alicyclic amines) is 1. The van der Waals surface area contributed by atoms with E-state index in [-0.39, 0.29) is 12.3 Å². The first kappa shape index (κ1) is 18.2. The molecule has 8 heteroatoms. The lowest BCUT2D eigenvalue weighted by Gasteiger charge is -2.33. The maximum atomic E-state index is 12.1. The normalized spacial score (nSPS) is 24.0. The van der Waals surface area contributed by atoms with Gasteiger partial charge >= 0.3 is 5.97 Å². The molecule has 0 aliphatic carbocycles. The standard InChI is InChI=1S/C15H26N2O5S/c1-23(21,22)17-9-6-12(7-10-17)13-5-8-16(11-13)14(18)3-2-4-15(19)20/h12-13H,2-11H2,1H3,(H,19,20). The Morgan fingerprint density at radius 2 is 1.65 bits per heavy atom. The minimum Gasteiger partial charge on any atom is -0.481 e. The monoisotopic (exact) mass is 346 g/mol. The van der Waals surface area contributed by atoms with E-state index in [4.69, 9.17) is 5.11 Å². The fraction of sp³-hybridized carbons (Fsp3) is 0.867. The van der Waals surface area contributed by atoms with Crippen LogP contribution < -0.4 is 0 Å². The van der Waals surface area contributed by atoms with Gasteiger partial charge < -0.3 is 10.0 Å². The second-order valence-corrected chi connectivity index (χ2v) is 8.62. The van der Waals surface area contributed by atoms with Gasteiger partial charge in [-0.05, 0) is 37.5 Å². The first-order chi connectivity index (χ1) is 10.8. The summed E-state index contributed by atoms with van der Waals surface area (Å²) in [5.74, 6) is 0.0991. The molecule has 1 unspecified atom stereocenters. The number of rotatable bonds is 6. The quantitative estimate of drug-likeness (QED) is 0.766. The second-order valence-electron chi connectivity index (χ2n) is 6.64. The van der Waals surface area contributed by atoms with Crippen LogP contribution in [0.2, 0.25) is 0 Å². The molecule has 2 heterocycles. The average Bonchev–Trinajstić information content (AvgIpc) is 2.96. The molecule has 132 valence electrons. The molecule has 7 nitrogen and oxygen atoms in total. The Balaban J connectivity index is 1.75. The smallest absolute Gasteiger partial charge is 0.303 e. The molecule has 0 saturated carbocycles. The fourth-order valence-electron chi connectivity index (χ4n) is 3.63. The van der Waals surface area contributed by atoms with Gasteiger partial charge in [0.05, 0.1) is 6.26 Å². The van der Waals surface area contributed by atoms with E-state index >= 15 is 0 Å². The summed E-state index contributed by atoms with van der Waals surface area (Å²) >= 11 is 0. The number of carbonyl (C=O) groups excluding carboxylic acids is 1. The largest absolute Gasteiger partial charge is 0.481 e. The molecule has 2 aliphatic rings. The van der Waals surface area contributed by atoms with Gasteiger partial charge in [-0.2, -0.15) is 0 Å². The molecule has 2 fully saturated rings. The van der Waals surface area contributed by atoms with Crippen molar-refractivity contribution in [3.63, 3.8) is 0 Å². The third kappa shape index (κ3) is 5.17. The van der Waals surface area contributed by atoms with Crippen LogP contribution in [0, 0.1) is 11.8 Å². The van der Waals surface area contributed by atoms with Crippen LogP contribution in [0.15, 0.2) is 0 Å². The Morgan fingerprint density at radius 3 is 2.22 bits per heavy atom. The van der Waals surface area contributed by atoms with E-state index in [0.717, 1.165) is 32.4 Å². The summed E-state index contributed by atoms with van der Waals surface area (Å²) in [7, 11) is -3.09. The van der Waals surface area contributed by atoms with E-state index in [1.165, 1.54) is 10.6 Å². The van der Waals surface area contributed by atoms with Crippen LogP contribution in [-0.4, -0.2) is 67.0 Å². The summed E-state index contributed by atoms with van der Waals surface area (Å²) in [6.45, 7) is 2.62. The molecular weight excluding hydrogens is 320 g/mol. The highest BCUT2D eigenvalue weighted by atomic mass is 32.2. The lowest BCUT2D eigenvalue weighted by Crippen LogP contribution is -2.40. The molecule has 0 spiro atoms. The van der Waals surface area contributed by atoms with Gasteiger partial charge in [0.25, 0.3) is 0 Å². The van der Waals surface area contributed by atoms with E-state index in [2.05, 4.69) is 0 Å². The number of carbonyl (C=O) groups is 2. The van der Waals surface area contributed by atoms with Gasteiger partial charge in [-0.15, -0.1) is 0 Å². The number of hydrogen-bond donors (Lipinski definition) is 1. The van der Waals surface area contributed by atoms with Crippen molar-refractivity contribution in [2.24, 2.45) is 11.8 Å². The number of aliphatic carboxylic acids is 1. The summed E-state index contributed by atoms with van der Waals surface area (Å²) in [5.41, 5.74) is 0. The van der Waals surface area contributed by atoms with Crippen LogP contribution in [0.3, 0.4) is 0 Å². The summed E-state index contributed by atoms with van der Waals surface area (Å²) < 4.78 is 24.6. The van der Waals surface area contributed by atoms with Crippen LogP contribution in [-0.2, 0) is 19.6 Å². The molecule has 1 N–H and O–H groups in total. The van der Waals surface area contributed by atoms with E-state index in [1.54, 1.807) is 0 Å². The predicted octanol–water partition coefficient (Wildman–Crippen LogP) is 0.761. The third-order valence-corrected chi connectivity index (χ3v) is 6.30. The van der Waals surface area contributed by atoms with Gasteiger partial charge in [0.2, 0.25) is 15.9 Å². The summed E-state index contributed by atoms with van der Waals surface area (Å²) in [5, 5.41) is 8.61. The lowest BCUT2D eigenvalue weighted by atomic mass is 9.84. The predicted molar refractivity (Wildman–Crippen MR) is 85.3 cm³/mol. The Bertz CT molecular complexity index is 540. The Hall–Kier alpha value is -1.15. The van der Waals surface area contributed by atoms with Gasteiger partial charge in [-0.3, -0.25) is 9.59 Å². The topological polar surface area (TPSA) is 95.0 Å². The van der Waals surface area contributed by atoms with Crippen molar-refractivity contribution < 1.29 is 23.1 Å². The molecule has 0 bridgehead atoms. The minimum absolute atomic E-state index is 0.0347. The zero-order chi connectivity index (χ0) is 17.0. The molecule has 2 rings (SSSR count). The molecule has 23 heavy (non-hydrogen) atoms. The number of amides is 1. The maximum absolute atomic E-state index is 12.1. The minimum atomic E-state index is -3.09. The van der Waals surface area contributed by atoms with Crippen LogP contribution >= 0.6 is 0 Å². The number of nitrogens with zero attached hydrogens (tertiary/aromatic N) is 2.